The number of ether oxygens (including phenoxy) is 1. The van der Waals surface area contributed by atoms with Crippen molar-refractivity contribution < 1.29 is 9.53 Å². The zero-order valence-electron chi connectivity index (χ0n) is 7.78. The third kappa shape index (κ3) is 2.50. The fourth-order valence-electron chi connectivity index (χ4n) is 0.908. The number of nitrogens with zero attached hydrogens (tertiary/aromatic N) is 2. The van der Waals surface area contributed by atoms with E-state index in [9.17, 15) is 4.79 Å². The van der Waals surface area contributed by atoms with Crippen molar-refractivity contribution in [2.24, 2.45) is 0 Å². The van der Waals surface area contributed by atoms with Crippen LogP contribution in [-0.4, -0.2) is 22.5 Å². The molecule has 0 aliphatic carbocycles. The zero-order valence-corrected chi connectivity index (χ0v) is 7.78. The highest BCUT2D eigenvalue weighted by atomic mass is 16.5. The topological polar surface area (TPSA) is 52.1 Å². The molecule has 0 aliphatic heterocycles. The second kappa shape index (κ2) is 4.54. The van der Waals surface area contributed by atoms with E-state index < -0.39 is 0 Å². The first-order valence-electron chi connectivity index (χ1n) is 4.26. The van der Waals surface area contributed by atoms with Gasteiger partial charge in [0.2, 0.25) is 0 Å². The molecule has 0 bridgehead atoms. The minimum atomic E-state index is -0.389. The molecule has 0 aromatic carbocycles. The molecule has 0 unspecified atom stereocenters. The Morgan fingerprint density at radius 1 is 1.46 bits per heavy atom. The monoisotopic (exact) mass is 180 g/mol. The summed E-state index contributed by atoms with van der Waals surface area (Å²) in [6.45, 7) is 4.10. The fourth-order valence-corrected chi connectivity index (χ4v) is 0.908. The molecule has 1 heterocycles. The molecular formula is C9H12N2O2. The van der Waals surface area contributed by atoms with Crippen LogP contribution in [0, 0.1) is 0 Å². The summed E-state index contributed by atoms with van der Waals surface area (Å²) in [4.78, 5) is 19.0. The Labute approximate surface area is 77.0 Å². The fraction of sp³-hybridized carbons (Fsp3) is 0.444. The van der Waals surface area contributed by atoms with Gasteiger partial charge in [-0.2, -0.15) is 0 Å². The van der Waals surface area contributed by atoms with Crippen LogP contribution in [-0.2, 0) is 11.2 Å². The van der Waals surface area contributed by atoms with Gasteiger partial charge in [0.1, 0.15) is 6.33 Å². The Kier molecular flexibility index (Phi) is 3.37. The molecule has 4 heteroatoms. The van der Waals surface area contributed by atoms with Crippen LogP contribution in [0.25, 0.3) is 0 Å². The van der Waals surface area contributed by atoms with Gasteiger partial charge >= 0.3 is 5.97 Å². The van der Waals surface area contributed by atoms with Crippen LogP contribution in [0.4, 0.5) is 0 Å². The van der Waals surface area contributed by atoms with E-state index in [1.807, 2.05) is 6.92 Å². The molecule has 0 radical (unpaired) electrons. The third-order valence-corrected chi connectivity index (χ3v) is 1.57. The Morgan fingerprint density at radius 3 is 2.85 bits per heavy atom. The minimum absolute atomic E-state index is 0.328. The summed E-state index contributed by atoms with van der Waals surface area (Å²) in [7, 11) is 0. The highest BCUT2D eigenvalue weighted by molar-refractivity contribution is 5.87. The molecule has 1 aromatic heterocycles. The van der Waals surface area contributed by atoms with Gasteiger partial charge in [0.25, 0.3) is 0 Å². The van der Waals surface area contributed by atoms with E-state index in [1.165, 1.54) is 6.33 Å². The average molecular weight is 180 g/mol. The number of esters is 1. The summed E-state index contributed by atoms with van der Waals surface area (Å²) in [6, 6.07) is 1.65. The van der Waals surface area contributed by atoms with Crippen LogP contribution in [0.15, 0.2) is 12.4 Å². The van der Waals surface area contributed by atoms with Crippen molar-refractivity contribution in [2.75, 3.05) is 6.61 Å². The summed E-state index contributed by atoms with van der Waals surface area (Å²) in [5, 5.41) is 0. The lowest BCUT2D eigenvalue weighted by molar-refractivity contribution is 0.0519. The molecule has 0 N–H and O–H groups in total. The van der Waals surface area contributed by atoms with E-state index in [0.29, 0.717) is 12.3 Å². The molecule has 0 saturated heterocycles. The molecule has 70 valence electrons. The lowest BCUT2D eigenvalue weighted by atomic mass is 10.3. The lowest BCUT2D eigenvalue weighted by Crippen LogP contribution is -2.08. The first kappa shape index (κ1) is 9.64. The first-order chi connectivity index (χ1) is 6.27. The Hall–Kier alpha value is -1.45. The van der Waals surface area contributed by atoms with Crippen molar-refractivity contribution >= 4 is 5.97 Å². The normalized spacial score (nSPS) is 9.69. The van der Waals surface area contributed by atoms with Crippen LogP contribution in [0.3, 0.4) is 0 Å². The molecule has 0 atom stereocenters. The van der Waals surface area contributed by atoms with Gasteiger partial charge in [-0.05, 0) is 19.4 Å². The van der Waals surface area contributed by atoms with E-state index in [4.69, 9.17) is 4.74 Å². The number of carbonyl (C=O) groups is 1. The number of hydrogen-bond acceptors (Lipinski definition) is 4. The molecule has 0 saturated carbocycles. The number of carbonyl (C=O) groups excluding carboxylic acids is 1. The Bertz CT molecular complexity index is 299. The van der Waals surface area contributed by atoms with Gasteiger partial charge < -0.3 is 4.74 Å². The van der Waals surface area contributed by atoms with Crippen molar-refractivity contribution in [1.29, 1.82) is 0 Å². The number of aromatic nitrogens is 2. The smallest absolute Gasteiger partial charge is 0.357 e. The molecule has 1 aromatic rings. The quantitative estimate of drug-likeness (QED) is 0.656. The molecular weight excluding hydrogens is 168 g/mol. The van der Waals surface area contributed by atoms with Crippen molar-refractivity contribution in [3.63, 3.8) is 0 Å². The summed E-state index contributed by atoms with van der Waals surface area (Å²) in [6.07, 6.45) is 2.17. The van der Waals surface area contributed by atoms with Crippen LogP contribution in [0.1, 0.15) is 30.0 Å². The molecule has 1 rings (SSSR count). The van der Waals surface area contributed by atoms with Crippen LogP contribution >= 0.6 is 0 Å². The largest absolute Gasteiger partial charge is 0.461 e. The predicted octanol–water partition coefficient (Wildman–Crippen LogP) is 1.22. The molecule has 0 fully saturated rings. The van der Waals surface area contributed by atoms with Crippen molar-refractivity contribution in [1.82, 2.24) is 9.97 Å². The van der Waals surface area contributed by atoms with Gasteiger partial charge in [-0.3, -0.25) is 0 Å². The molecule has 4 nitrogen and oxygen atoms in total. The maximum absolute atomic E-state index is 11.2. The lowest BCUT2D eigenvalue weighted by Gasteiger charge is -2.01. The average Bonchev–Trinajstić information content (AvgIpc) is 2.18. The SMILES string of the molecule is CCOC(=O)c1cc(CC)ncn1. The number of hydrogen-bond donors (Lipinski definition) is 0. The summed E-state index contributed by atoms with van der Waals surface area (Å²) < 4.78 is 4.80. The van der Waals surface area contributed by atoms with E-state index in [-0.39, 0.29) is 5.97 Å². The van der Waals surface area contributed by atoms with Crippen LogP contribution < -0.4 is 0 Å². The van der Waals surface area contributed by atoms with Crippen LogP contribution in [0.5, 0.6) is 0 Å². The molecule has 0 amide bonds. The van der Waals surface area contributed by atoms with Gasteiger partial charge in [-0.25, -0.2) is 14.8 Å². The minimum Gasteiger partial charge on any atom is -0.461 e. The van der Waals surface area contributed by atoms with Crippen LogP contribution in [0.2, 0.25) is 0 Å². The highest BCUT2D eigenvalue weighted by Gasteiger charge is 2.07. The Balaban J connectivity index is 2.82. The second-order valence-corrected chi connectivity index (χ2v) is 2.47. The summed E-state index contributed by atoms with van der Waals surface area (Å²) in [5.74, 6) is -0.389. The first-order valence-corrected chi connectivity index (χ1v) is 4.26. The van der Waals surface area contributed by atoms with E-state index in [2.05, 4.69) is 9.97 Å². The maximum Gasteiger partial charge on any atom is 0.357 e. The van der Waals surface area contributed by atoms with Crippen molar-refractivity contribution in [3.8, 4) is 0 Å². The number of rotatable bonds is 3. The molecule has 0 aliphatic rings. The second-order valence-electron chi connectivity index (χ2n) is 2.47. The van der Waals surface area contributed by atoms with Gasteiger partial charge in [0.15, 0.2) is 5.69 Å². The Morgan fingerprint density at radius 2 is 2.23 bits per heavy atom. The van der Waals surface area contributed by atoms with E-state index in [1.54, 1.807) is 13.0 Å². The van der Waals surface area contributed by atoms with Gasteiger partial charge in [0, 0.05) is 5.69 Å². The third-order valence-electron chi connectivity index (χ3n) is 1.57. The van der Waals surface area contributed by atoms with Gasteiger partial charge in [0.05, 0.1) is 6.61 Å². The van der Waals surface area contributed by atoms with Gasteiger partial charge in [-0.1, -0.05) is 6.92 Å². The van der Waals surface area contributed by atoms with Crippen molar-refractivity contribution in [2.45, 2.75) is 20.3 Å². The zero-order chi connectivity index (χ0) is 9.68. The summed E-state index contributed by atoms with van der Waals surface area (Å²) >= 11 is 0. The molecule has 0 spiro atoms. The van der Waals surface area contributed by atoms with E-state index >= 15 is 0 Å². The predicted molar refractivity (Wildman–Crippen MR) is 47.4 cm³/mol. The van der Waals surface area contributed by atoms with Crippen molar-refractivity contribution in [3.05, 3.63) is 23.8 Å². The molecule has 13 heavy (non-hydrogen) atoms. The highest BCUT2D eigenvalue weighted by Crippen LogP contribution is 2.00. The standard InChI is InChI=1S/C9H12N2O2/c1-3-7-5-8(11-6-10-7)9(12)13-4-2/h5-6H,3-4H2,1-2H3. The number of aryl methyl sites for hydroxylation is 1. The maximum atomic E-state index is 11.2. The summed E-state index contributed by atoms with van der Waals surface area (Å²) in [5.41, 5.74) is 1.17. The van der Waals surface area contributed by atoms with E-state index in [0.717, 1.165) is 12.1 Å². The van der Waals surface area contributed by atoms with Gasteiger partial charge in [-0.15, -0.1) is 0 Å².